The van der Waals surface area contributed by atoms with E-state index < -0.39 is 5.97 Å². The zero-order valence-corrected chi connectivity index (χ0v) is 20.8. The minimum Gasteiger partial charge on any atom is -0.462 e. The number of unbranched alkanes of at least 4 members (excludes halogenated alkanes) is 2. The zero-order valence-electron chi connectivity index (χ0n) is 20.8. The molecule has 0 aromatic heterocycles. The maximum Gasteiger partial charge on any atom is 0.333 e. The highest BCUT2D eigenvalue weighted by molar-refractivity contribution is 5.86. The van der Waals surface area contributed by atoms with Crippen molar-refractivity contribution in [1.82, 2.24) is 0 Å². The van der Waals surface area contributed by atoms with Crippen molar-refractivity contribution in [3.8, 4) is 22.3 Å². The maximum absolute atomic E-state index is 15.2. The summed E-state index contributed by atoms with van der Waals surface area (Å²) < 4.78 is 20.3. The Kier molecular flexibility index (Phi) is 9.80. The predicted octanol–water partition coefficient (Wildman–Crippen LogP) is 7.44. The minimum absolute atomic E-state index is 0.100. The van der Waals surface area contributed by atoms with Crippen LogP contribution in [0.4, 0.5) is 4.39 Å². The minimum atomic E-state index is -0.408. The van der Waals surface area contributed by atoms with Gasteiger partial charge in [0.25, 0.3) is 0 Å². The molecular weight excluding hydrogens is 439 g/mol. The SMILES string of the molecule is C=C(C)C(=O)OCCCc1cc(-c2ccc(-c3ccc(CCCCC)cc3)cc2F)ccc1CO. The molecule has 0 amide bonds. The van der Waals surface area contributed by atoms with Gasteiger partial charge in [-0.25, -0.2) is 9.18 Å². The Morgan fingerprint density at radius 1 is 0.886 bits per heavy atom. The Bertz CT molecular complexity index is 1150. The van der Waals surface area contributed by atoms with E-state index in [1.165, 1.54) is 24.8 Å². The van der Waals surface area contributed by atoms with Crippen molar-refractivity contribution in [2.24, 2.45) is 0 Å². The number of hydrogen-bond donors (Lipinski definition) is 1. The van der Waals surface area contributed by atoms with Gasteiger partial charge >= 0.3 is 5.97 Å². The molecule has 0 unspecified atom stereocenters. The van der Waals surface area contributed by atoms with Gasteiger partial charge in [0.15, 0.2) is 0 Å². The van der Waals surface area contributed by atoms with Crippen molar-refractivity contribution in [2.75, 3.05) is 6.61 Å². The third kappa shape index (κ3) is 7.37. The van der Waals surface area contributed by atoms with E-state index in [0.717, 1.165) is 34.2 Å². The number of carbonyl (C=O) groups excluding carboxylic acids is 1. The van der Waals surface area contributed by atoms with E-state index in [4.69, 9.17) is 4.74 Å². The molecule has 0 radical (unpaired) electrons. The lowest BCUT2D eigenvalue weighted by atomic mass is 9.94. The van der Waals surface area contributed by atoms with Crippen molar-refractivity contribution in [3.63, 3.8) is 0 Å². The third-order valence-corrected chi connectivity index (χ3v) is 6.19. The van der Waals surface area contributed by atoms with Crippen LogP contribution in [-0.2, 0) is 29.0 Å². The highest BCUT2D eigenvalue weighted by Crippen LogP contribution is 2.30. The Hall–Kier alpha value is -3.24. The number of ether oxygens (including phenoxy) is 1. The molecule has 3 aromatic rings. The first-order chi connectivity index (χ1) is 16.9. The summed E-state index contributed by atoms with van der Waals surface area (Å²) in [7, 11) is 0. The number of aliphatic hydroxyl groups is 1. The van der Waals surface area contributed by atoms with Gasteiger partial charge in [-0.3, -0.25) is 0 Å². The van der Waals surface area contributed by atoms with Crippen LogP contribution in [0.25, 0.3) is 22.3 Å². The van der Waals surface area contributed by atoms with Crippen LogP contribution >= 0.6 is 0 Å². The van der Waals surface area contributed by atoms with Gasteiger partial charge in [-0.15, -0.1) is 0 Å². The van der Waals surface area contributed by atoms with E-state index in [9.17, 15) is 9.90 Å². The van der Waals surface area contributed by atoms with Gasteiger partial charge in [0.2, 0.25) is 0 Å². The summed E-state index contributed by atoms with van der Waals surface area (Å²) in [5.41, 5.74) is 6.49. The molecule has 0 aliphatic carbocycles. The largest absolute Gasteiger partial charge is 0.462 e. The number of aryl methyl sites for hydroxylation is 2. The second-order valence-corrected chi connectivity index (χ2v) is 9.01. The number of hydrogen-bond acceptors (Lipinski definition) is 3. The van der Waals surface area contributed by atoms with E-state index in [1.807, 2.05) is 30.3 Å². The topological polar surface area (TPSA) is 46.5 Å². The van der Waals surface area contributed by atoms with E-state index in [1.54, 1.807) is 13.0 Å². The van der Waals surface area contributed by atoms with Gasteiger partial charge in [0.05, 0.1) is 13.2 Å². The number of rotatable bonds is 12. The highest BCUT2D eigenvalue weighted by Gasteiger charge is 2.11. The van der Waals surface area contributed by atoms with Crippen molar-refractivity contribution >= 4 is 5.97 Å². The average molecular weight is 475 g/mol. The lowest BCUT2D eigenvalue weighted by molar-refractivity contribution is -0.139. The fourth-order valence-electron chi connectivity index (χ4n) is 4.10. The van der Waals surface area contributed by atoms with E-state index in [-0.39, 0.29) is 19.0 Å². The molecule has 0 heterocycles. The maximum atomic E-state index is 15.2. The van der Waals surface area contributed by atoms with Crippen LogP contribution in [0.5, 0.6) is 0 Å². The van der Waals surface area contributed by atoms with Gasteiger partial charge in [0.1, 0.15) is 5.82 Å². The quantitative estimate of drug-likeness (QED) is 0.169. The van der Waals surface area contributed by atoms with E-state index in [0.29, 0.717) is 24.0 Å². The standard InChI is InChI=1S/C31H35FO3/c1-4-5-6-8-23-10-12-24(13-11-23)26-16-17-29(30(32)20-26)27-14-15-28(21-33)25(19-27)9-7-18-35-31(34)22(2)3/h10-17,19-20,33H,2,4-9,18,21H2,1,3H3. The fraction of sp³-hybridized carbons (Fsp3) is 0.323. The van der Waals surface area contributed by atoms with E-state index in [2.05, 4.69) is 37.8 Å². The predicted molar refractivity (Wildman–Crippen MR) is 141 cm³/mol. The molecule has 184 valence electrons. The Morgan fingerprint density at radius 3 is 2.26 bits per heavy atom. The van der Waals surface area contributed by atoms with E-state index >= 15 is 4.39 Å². The molecule has 0 aliphatic rings. The molecule has 4 heteroatoms. The first-order valence-electron chi connectivity index (χ1n) is 12.4. The normalized spacial score (nSPS) is 10.9. The molecule has 3 nitrogen and oxygen atoms in total. The van der Waals surface area contributed by atoms with Crippen LogP contribution in [0.1, 0.15) is 56.2 Å². The van der Waals surface area contributed by atoms with Crippen LogP contribution < -0.4 is 0 Å². The Labute approximate surface area is 208 Å². The molecular formula is C31H35FO3. The molecule has 35 heavy (non-hydrogen) atoms. The van der Waals surface area contributed by atoms with Crippen LogP contribution in [0, 0.1) is 5.82 Å². The Morgan fingerprint density at radius 2 is 1.60 bits per heavy atom. The summed E-state index contributed by atoms with van der Waals surface area (Å²) >= 11 is 0. The fourth-order valence-corrected chi connectivity index (χ4v) is 4.10. The van der Waals surface area contributed by atoms with Crippen molar-refractivity contribution in [3.05, 3.63) is 95.3 Å². The first kappa shape index (κ1) is 26.4. The lowest BCUT2D eigenvalue weighted by Crippen LogP contribution is -2.07. The van der Waals surface area contributed by atoms with Gasteiger partial charge in [0, 0.05) is 11.1 Å². The zero-order chi connectivity index (χ0) is 25.2. The molecule has 3 aromatic carbocycles. The monoisotopic (exact) mass is 474 g/mol. The summed E-state index contributed by atoms with van der Waals surface area (Å²) in [4.78, 5) is 11.6. The molecule has 3 rings (SSSR count). The van der Waals surface area contributed by atoms with Crippen LogP contribution in [0.2, 0.25) is 0 Å². The molecule has 0 aliphatic heterocycles. The summed E-state index contributed by atoms with van der Waals surface area (Å²) in [6.07, 6.45) is 5.92. The molecule has 0 spiro atoms. The number of halogens is 1. The van der Waals surface area contributed by atoms with Gasteiger partial charge in [-0.1, -0.05) is 80.9 Å². The summed E-state index contributed by atoms with van der Waals surface area (Å²) in [6.45, 7) is 7.55. The van der Waals surface area contributed by atoms with Crippen LogP contribution in [0.3, 0.4) is 0 Å². The highest BCUT2D eigenvalue weighted by atomic mass is 19.1. The van der Waals surface area contributed by atoms with Gasteiger partial charge in [-0.2, -0.15) is 0 Å². The smallest absolute Gasteiger partial charge is 0.333 e. The summed E-state index contributed by atoms with van der Waals surface area (Å²) in [5.74, 6) is -0.693. The molecule has 0 bridgehead atoms. The second kappa shape index (κ2) is 13.0. The number of carbonyl (C=O) groups is 1. The number of benzene rings is 3. The first-order valence-corrected chi connectivity index (χ1v) is 12.4. The number of esters is 1. The van der Waals surface area contributed by atoms with Crippen molar-refractivity contribution < 1.29 is 19.0 Å². The third-order valence-electron chi connectivity index (χ3n) is 6.19. The van der Waals surface area contributed by atoms with Crippen LogP contribution in [-0.4, -0.2) is 17.7 Å². The molecule has 0 fully saturated rings. The summed E-state index contributed by atoms with van der Waals surface area (Å²) in [6, 6.07) is 19.3. The van der Waals surface area contributed by atoms with Crippen molar-refractivity contribution in [1.29, 1.82) is 0 Å². The summed E-state index contributed by atoms with van der Waals surface area (Å²) in [5, 5.41) is 9.72. The van der Waals surface area contributed by atoms with Crippen LogP contribution in [0.15, 0.2) is 72.8 Å². The van der Waals surface area contributed by atoms with Gasteiger partial charge in [-0.05, 0) is 72.1 Å². The molecule has 1 N–H and O–H groups in total. The Balaban J connectivity index is 1.73. The molecule has 0 saturated carbocycles. The van der Waals surface area contributed by atoms with Gasteiger partial charge < -0.3 is 9.84 Å². The molecule has 0 atom stereocenters. The van der Waals surface area contributed by atoms with Crippen molar-refractivity contribution in [2.45, 2.75) is 59.0 Å². The lowest BCUT2D eigenvalue weighted by Gasteiger charge is -2.12. The molecule has 0 saturated heterocycles. The average Bonchev–Trinajstić information content (AvgIpc) is 2.87. The number of aliphatic hydroxyl groups excluding tert-OH is 1. The second-order valence-electron chi connectivity index (χ2n) is 9.01.